The number of carboxylic acid groups (broad SMARTS) is 1. The second kappa shape index (κ2) is 10.6. The molecular formula is C16H22O2S2. The molecule has 2 rings (SSSR count). The fraction of sp³-hybridized carbons (Fsp3) is 0.438. The summed E-state index contributed by atoms with van der Waals surface area (Å²) in [5, 5.41) is 14.8. The molecule has 20 heavy (non-hydrogen) atoms. The lowest BCUT2D eigenvalue weighted by atomic mass is 10.1. The van der Waals surface area contributed by atoms with Crippen molar-refractivity contribution in [1.29, 1.82) is 0 Å². The molecule has 110 valence electrons. The van der Waals surface area contributed by atoms with Crippen LogP contribution in [0.4, 0.5) is 0 Å². The van der Waals surface area contributed by atoms with Crippen molar-refractivity contribution >= 4 is 28.6 Å². The number of hydrogen-bond acceptors (Lipinski definition) is 3. The minimum atomic E-state index is -0.729. The van der Waals surface area contributed by atoms with Gasteiger partial charge < -0.3 is 5.11 Å². The number of carbonyl (C=O) groups is 1. The normalized spacial score (nSPS) is 9.85. The molecule has 0 saturated carbocycles. The Morgan fingerprint density at radius 1 is 1.15 bits per heavy atom. The van der Waals surface area contributed by atoms with Crippen LogP contribution in [0.1, 0.15) is 43.0 Å². The zero-order chi connectivity index (χ0) is 14.6. The highest BCUT2D eigenvalue weighted by Gasteiger charge is 2.07. The first-order chi connectivity index (χ1) is 9.74. The maximum atomic E-state index is 10.6. The van der Waals surface area contributed by atoms with Crippen molar-refractivity contribution in [2.45, 2.75) is 45.4 Å². The van der Waals surface area contributed by atoms with Gasteiger partial charge in [0.25, 0.3) is 0 Å². The summed E-state index contributed by atoms with van der Waals surface area (Å²) in [6.07, 6.45) is 6.16. The van der Waals surface area contributed by atoms with Crippen LogP contribution in [0.15, 0.2) is 34.3 Å². The maximum absolute atomic E-state index is 10.6. The van der Waals surface area contributed by atoms with Gasteiger partial charge in [0.2, 0.25) is 0 Å². The van der Waals surface area contributed by atoms with Crippen LogP contribution < -0.4 is 0 Å². The van der Waals surface area contributed by atoms with Gasteiger partial charge in [-0.2, -0.15) is 11.3 Å². The van der Waals surface area contributed by atoms with Crippen molar-refractivity contribution in [1.82, 2.24) is 0 Å². The summed E-state index contributed by atoms with van der Waals surface area (Å²) in [7, 11) is 0. The SMILES string of the molecule is CCCCCCc1ccsc1CC(=O)O.c1ccsc1. The molecule has 0 saturated heterocycles. The Hall–Kier alpha value is -1.13. The Bertz CT molecular complexity index is 443. The predicted octanol–water partition coefficient (Wildman–Crippen LogP) is 5.25. The lowest BCUT2D eigenvalue weighted by Gasteiger charge is -2.01. The van der Waals surface area contributed by atoms with E-state index in [2.05, 4.69) is 13.0 Å². The third-order valence-corrected chi connectivity index (χ3v) is 4.47. The van der Waals surface area contributed by atoms with Crippen LogP contribution in [0.2, 0.25) is 0 Å². The number of carboxylic acids is 1. The number of aliphatic carboxylic acids is 1. The molecule has 2 aromatic heterocycles. The van der Waals surface area contributed by atoms with Crippen molar-refractivity contribution in [3.05, 3.63) is 44.8 Å². The van der Waals surface area contributed by atoms with Crippen molar-refractivity contribution < 1.29 is 9.90 Å². The van der Waals surface area contributed by atoms with Crippen molar-refractivity contribution in [3.63, 3.8) is 0 Å². The molecule has 0 amide bonds. The molecule has 0 aliphatic carbocycles. The van der Waals surface area contributed by atoms with Gasteiger partial charge in [0, 0.05) is 4.88 Å². The molecule has 2 aromatic rings. The molecule has 1 N–H and O–H groups in total. The first-order valence-electron chi connectivity index (χ1n) is 6.98. The molecule has 0 radical (unpaired) electrons. The lowest BCUT2D eigenvalue weighted by molar-refractivity contribution is -0.136. The van der Waals surface area contributed by atoms with Gasteiger partial charge in [-0.3, -0.25) is 4.79 Å². The van der Waals surface area contributed by atoms with Gasteiger partial charge >= 0.3 is 5.97 Å². The molecule has 0 spiro atoms. The summed E-state index contributed by atoms with van der Waals surface area (Å²) >= 11 is 3.27. The molecule has 0 aliphatic heterocycles. The van der Waals surface area contributed by atoms with Gasteiger partial charge in [-0.1, -0.05) is 38.3 Å². The van der Waals surface area contributed by atoms with Crippen molar-refractivity contribution in [2.24, 2.45) is 0 Å². The Morgan fingerprint density at radius 2 is 1.90 bits per heavy atom. The number of thiophene rings is 2. The van der Waals surface area contributed by atoms with E-state index < -0.39 is 5.97 Å². The quantitative estimate of drug-likeness (QED) is 0.709. The van der Waals surface area contributed by atoms with E-state index >= 15 is 0 Å². The smallest absolute Gasteiger partial charge is 0.308 e. The molecule has 0 atom stereocenters. The summed E-state index contributed by atoms with van der Waals surface area (Å²) in [6.45, 7) is 2.19. The highest BCUT2D eigenvalue weighted by atomic mass is 32.1. The van der Waals surface area contributed by atoms with E-state index in [1.165, 1.54) is 31.2 Å². The summed E-state index contributed by atoms with van der Waals surface area (Å²) in [5.74, 6) is -0.729. The minimum absolute atomic E-state index is 0.181. The average molecular weight is 310 g/mol. The van der Waals surface area contributed by atoms with Crippen molar-refractivity contribution in [2.75, 3.05) is 0 Å². The van der Waals surface area contributed by atoms with E-state index in [4.69, 9.17) is 5.11 Å². The fourth-order valence-electron chi connectivity index (χ4n) is 1.85. The molecule has 0 aliphatic rings. The summed E-state index contributed by atoms with van der Waals surface area (Å²) < 4.78 is 0. The van der Waals surface area contributed by atoms with E-state index in [0.29, 0.717) is 0 Å². The van der Waals surface area contributed by atoms with Gasteiger partial charge in [0.05, 0.1) is 6.42 Å². The Balaban J connectivity index is 0.000000333. The predicted molar refractivity (Wildman–Crippen MR) is 87.8 cm³/mol. The number of hydrogen-bond donors (Lipinski definition) is 1. The zero-order valence-corrected chi connectivity index (χ0v) is 13.5. The number of unbranched alkanes of at least 4 members (excludes halogenated alkanes) is 3. The molecule has 0 fully saturated rings. The highest BCUT2D eigenvalue weighted by Crippen LogP contribution is 2.20. The molecule has 0 bridgehead atoms. The number of aryl methyl sites for hydroxylation is 1. The average Bonchev–Trinajstić information content (AvgIpc) is 3.09. The number of rotatable bonds is 7. The molecular weight excluding hydrogens is 288 g/mol. The Morgan fingerprint density at radius 3 is 2.45 bits per heavy atom. The van der Waals surface area contributed by atoms with E-state index in [9.17, 15) is 4.79 Å². The van der Waals surface area contributed by atoms with E-state index in [-0.39, 0.29) is 6.42 Å². The molecule has 2 nitrogen and oxygen atoms in total. The first-order valence-corrected chi connectivity index (χ1v) is 8.80. The topological polar surface area (TPSA) is 37.3 Å². The monoisotopic (exact) mass is 310 g/mol. The molecule has 0 aromatic carbocycles. The van der Waals surface area contributed by atoms with E-state index in [1.54, 1.807) is 22.7 Å². The third-order valence-electron chi connectivity index (χ3n) is 2.87. The largest absolute Gasteiger partial charge is 0.481 e. The van der Waals surface area contributed by atoms with Gasteiger partial charge in [0.1, 0.15) is 0 Å². The summed E-state index contributed by atoms with van der Waals surface area (Å²) in [4.78, 5) is 11.6. The van der Waals surface area contributed by atoms with E-state index in [1.807, 2.05) is 28.3 Å². The maximum Gasteiger partial charge on any atom is 0.308 e. The molecule has 4 heteroatoms. The fourth-order valence-corrected chi connectivity index (χ4v) is 3.23. The Labute approximate surface area is 129 Å². The van der Waals surface area contributed by atoms with Gasteiger partial charge in [0.15, 0.2) is 0 Å². The van der Waals surface area contributed by atoms with Crippen LogP contribution in [0.25, 0.3) is 0 Å². The Kier molecular flexibility index (Phi) is 9.00. The summed E-state index contributed by atoms with van der Waals surface area (Å²) in [5.41, 5.74) is 1.23. The van der Waals surface area contributed by atoms with Crippen LogP contribution >= 0.6 is 22.7 Å². The molecule has 0 unspecified atom stereocenters. The third kappa shape index (κ3) is 7.46. The second-order valence-electron chi connectivity index (χ2n) is 4.54. The first kappa shape index (κ1) is 16.9. The van der Waals surface area contributed by atoms with Crippen LogP contribution in [-0.2, 0) is 17.6 Å². The summed E-state index contributed by atoms with van der Waals surface area (Å²) in [6, 6.07) is 6.10. The lowest BCUT2D eigenvalue weighted by Crippen LogP contribution is -2.00. The van der Waals surface area contributed by atoms with Gasteiger partial charge in [-0.05, 0) is 40.6 Å². The highest BCUT2D eigenvalue weighted by molar-refractivity contribution is 7.10. The van der Waals surface area contributed by atoms with Crippen LogP contribution in [0.5, 0.6) is 0 Å². The standard InChI is InChI=1S/C12H18O2S.C4H4S/c1-2-3-4-5-6-10-7-8-15-11(10)9-12(13)14;1-2-4-5-3-1/h7-8H,2-6,9H2,1H3,(H,13,14);1-4H. The van der Waals surface area contributed by atoms with E-state index in [0.717, 1.165) is 11.3 Å². The molecule has 2 heterocycles. The van der Waals surface area contributed by atoms with Crippen LogP contribution in [0, 0.1) is 0 Å². The zero-order valence-electron chi connectivity index (χ0n) is 11.9. The van der Waals surface area contributed by atoms with Gasteiger partial charge in [-0.15, -0.1) is 11.3 Å². The second-order valence-corrected chi connectivity index (χ2v) is 6.36. The van der Waals surface area contributed by atoms with Gasteiger partial charge in [-0.25, -0.2) is 0 Å². The minimum Gasteiger partial charge on any atom is -0.481 e. The van der Waals surface area contributed by atoms with Crippen molar-refractivity contribution in [3.8, 4) is 0 Å². The van der Waals surface area contributed by atoms with Crippen LogP contribution in [0.3, 0.4) is 0 Å². The van der Waals surface area contributed by atoms with Crippen LogP contribution in [-0.4, -0.2) is 11.1 Å².